The molecule has 8 heteroatoms. The molecule has 2 aromatic rings. The van der Waals surface area contributed by atoms with E-state index < -0.39 is 36.0 Å². The van der Waals surface area contributed by atoms with E-state index >= 15 is 0 Å². The van der Waals surface area contributed by atoms with Crippen LogP contribution in [0.15, 0.2) is 41.3 Å². The van der Waals surface area contributed by atoms with Gasteiger partial charge < -0.3 is 14.8 Å². The van der Waals surface area contributed by atoms with Crippen LogP contribution < -0.4 is 5.43 Å². The maximum atomic E-state index is 14.0. The molecular weight excluding hydrogens is 402 g/mol. The summed E-state index contributed by atoms with van der Waals surface area (Å²) >= 11 is 0. The summed E-state index contributed by atoms with van der Waals surface area (Å²) in [5, 5.41) is 20.9. The van der Waals surface area contributed by atoms with Gasteiger partial charge in [0.1, 0.15) is 11.6 Å². The highest BCUT2D eigenvalue weighted by atomic mass is 19.4. The minimum Gasteiger partial charge on any atom is -0.508 e. The molecule has 1 heterocycles. The van der Waals surface area contributed by atoms with Crippen molar-refractivity contribution < 1.29 is 27.8 Å². The Labute approximate surface area is 172 Å². The van der Waals surface area contributed by atoms with Crippen LogP contribution in [0.25, 0.3) is 6.08 Å². The third-order valence-electron chi connectivity index (χ3n) is 5.18. The van der Waals surface area contributed by atoms with Gasteiger partial charge in [0.2, 0.25) is 0 Å². The highest BCUT2D eigenvalue weighted by Crippen LogP contribution is 2.44. The molecule has 0 spiro atoms. The monoisotopic (exact) mass is 427 g/mol. The van der Waals surface area contributed by atoms with Crippen molar-refractivity contribution in [2.24, 2.45) is 0 Å². The lowest BCUT2D eigenvalue weighted by Gasteiger charge is -2.39. The number of hydrogen-bond donors (Lipinski definition) is 2. The Kier molecular flexibility index (Phi) is 6.51. The summed E-state index contributed by atoms with van der Waals surface area (Å²) in [6, 6.07) is 4.16. The third-order valence-corrected chi connectivity index (χ3v) is 5.18. The molecule has 30 heavy (non-hydrogen) atoms. The zero-order valence-electron chi connectivity index (χ0n) is 17.2. The lowest BCUT2D eigenvalue weighted by atomic mass is 9.74. The van der Waals surface area contributed by atoms with Gasteiger partial charge in [-0.05, 0) is 50.0 Å². The van der Waals surface area contributed by atoms with Crippen LogP contribution in [-0.2, 0) is 12.0 Å². The fourth-order valence-corrected chi connectivity index (χ4v) is 3.63. The molecule has 0 fully saturated rings. The second kappa shape index (κ2) is 8.26. The molecule has 2 N–H and O–H groups in total. The summed E-state index contributed by atoms with van der Waals surface area (Å²) in [7, 11) is 0. The number of rotatable bonds is 6. The number of aromatic nitrogens is 1. The Bertz CT molecular complexity index is 1010. The van der Waals surface area contributed by atoms with Crippen LogP contribution in [0.5, 0.6) is 5.75 Å². The van der Waals surface area contributed by atoms with Gasteiger partial charge in [-0.25, -0.2) is 4.39 Å². The van der Waals surface area contributed by atoms with E-state index in [1.807, 2.05) is 0 Å². The second-order valence-electron chi connectivity index (χ2n) is 8.07. The van der Waals surface area contributed by atoms with E-state index in [0.717, 1.165) is 24.3 Å². The molecule has 4 nitrogen and oxygen atoms in total. The summed E-state index contributed by atoms with van der Waals surface area (Å²) in [6.07, 6.45) is -1.59. The van der Waals surface area contributed by atoms with E-state index in [-0.39, 0.29) is 28.0 Å². The van der Waals surface area contributed by atoms with Gasteiger partial charge in [-0.2, -0.15) is 13.2 Å². The molecule has 0 bridgehead atoms. The van der Waals surface area contributed by atoms with Gasteiger partial charge in [-0.1, -0.05) is 19.9 Å². The summed E-state index contributed by atoms with van der Waals surface area (Å²) in [5.41, 5.74) is -4.52. The molecule has 1 aromatic carbocycles. The van der Waals surface area contributed by atoms with Crippen molar-refractivity contribution >= 4 is 6.08 Å². The third kappa shape index (κ3) is 4.75. The van der Waals surface area contributed by atoms with Gasteiger partial charge in [-0.15, -0.1) is 0 Å². The number of halogens is 4. The largest absolute Gasteiger partial charge is 0.508 e. The molecule has 0 radical (unpaired) electrons. The van der Waals surface area contributed by atoms with Crippen molar-refractivity contribution in [1.82, 2.24) is 4.57 Å². The van der Waals surface area contributed by atoms with E-state index in [4.69, 9.17) is 0 Å². The molecular formula is C22H25F4NO3. The van der Waals surface area contributed by atoms with Crippen molar-refractivity contribution in [1.29, 1.82) is 0 Å². The SMILES string of the molecule is C/C=C\c1c(C)c(=O)ccn1CC(O)(CC(C)(C)c1cc(F)ccc1O)C(F)(F)F. The van der Waals surface area contributed by atoms with Gasteiger partial charge >= 0.3 is 6.18 Å². The number of phenols is 1. The smallest absolute Gasteiger partial charge is 0.418 e. The molecule has 0 aliphatic heterocycles. The Morgan fingerprint density at radius 2 is 1.80 bits per heavy atom. The van der Waals surface area contributed by atoms with Crippen molar-refractivity contribution in [2.45, 2.75) is 57.9 Å². The first-order valence-corrected chi connectivity index (χ1v) is 9.33. The first kappa shape index (κ1) is 23.7. The van der Waals surface area contributed by atoms with Crippen molar-refractivity contribution in [2.75, 3.05) is 0 Å². The fourth-order valence-electron chi connectivity index (χ4n) is 3.63. The molecule has 0 amide bonds. The van der Waals surface area contributed by atoms with Gasteiger partial charge in [0, 0.05) is 29.1 Å². The minimum atomic E-state index is -5.03. The minimum absolute atomic E-state index is 0.0464. The van der Waals surface area contributed by atoms with Crippen molar-refractivity contribution in [3.05, 3.63) is 69.4 Å². The van der Waals surface area contributed by atoms with Gasteiger partial charge in [0.25, 0.3) is 0 Å². The van der Waals surface area contributed by atoms with E-state index in [9.17, 15) is 32.6 Å². The number of aliphatic hydroxyl groups is 1. The Balaban J connectivity index is 2.56. The topological polar surface area (TPSA) is 62.5 Å². The van der Waals surface area contributed by atoms with Crippen LogP contribution in [-0.4, -0.2) is 26.6 Å². The first-order valence-electron chi connectivity index (χ1n) is 9.33. The molecule has 1 atom stereocenters. The fraction of sp³-hybridized carbons (Fsp3) is 0.409. The zero-order chi connectivity index (χ0) is 22.9. The highest BCUT2D eigenvalue weighted by molar-refractivity contribution is 5.49. The van der Waals surface area contributed by atoms with E-state index in [1.165, 1.54) is 37.6 Å². The highest BCUT2D eigenvalue weighted by Gasteiger charge is 2.56. The Hall–Kier alpha value is -2.61. The molecule has 0 saturated heterocycles. The molecule has 0 aliphatic carbocycles. The molecule has 1 aromatic heterocycles. The second-order valence-corrected chi connectivity index (χ2v) is 8.07. The predicted octanol–water partition coefficient (Wildman–Crippen LogP) is 4.70. The van der Waals surface area contributed by atoms with Crippen LogP contribution in [0, 0.1) is 12.7 Å². The maximum Gasteiger partial charge on any atom is 0.418 e. The summed E-state index contributed by atoms with van der Waals surface area (Å²) in [5.74, 6) is -1.07. The summed E-state index contributed by atoms with van der Waals surface area (Å²) < 4.78 is 56.9. The van der Waals surface area contributed by atoms with Gasteiger partial charge in [-0.3, -0.25) is 4.79 Å². The standard InChI is InChI=1S/C22H25F4NO3/c1-5-6-17-14(2)18(28)9-10-27(17)13-21(30,22(24,25)26)12-20(3,4)16-11-15(23)7-8-19(16)29/h5-11,29-30H,12-13H2,1-4H3/b6-5-. The molecule has 2 rings (SSSR count). The van der Waals surface area contributed by atoms with Crippen LogP contribution in [0.4, 0.5) is 17.6 Å². The quantitative estimate of drug-likeness (QED) is 0.657. The maximum absolute atomic E-state index is 14.0. The van der Waals surface area contributed by atoms with Crippen molar-refractivity contribution in [3.63, 3.8) is 0 Å². The number of phenolic OH excluding ortho intramolecular Hbond substituents is 1. The van der Waals surface area contributed by atoms with Crippen LogP contribution in [0.3, 0.4) is 0 Å². The molecule has 164 valence electrons. The van der Waals surface area contributed by atoms with Gasteiger partial charge in [0.05, 0.1) is 6.54 Å². The van der Waals surface area contributed by atoms with E-state index in [0.29, 0.717) is 0 Å². The number of allylic oxidation sites excluding steroid dienone is 1. The summed E-state index contributed by atoms with van der Waals surface area (Å²) in [4.78, 5) is 11.9. The average Bonchev–Trinajstić information content (AvgIpc) is 2.62. The van der Waals surface area contributed by atoms with Crippen LogP contribution >= 0.6 is 0 Å². The zero-order valence-corrected chi connectivity index (χ0v) is 17.2. The van der Waals surface area contributed by atoms with E-state index in [1.54, 1.807) is 13.0 Å². The molecule has 0 saturated carbocycles. The number of pyridine rings is 1. The number of alkyl halides is 3. The van der Waals surface area contributed by atoms with Crippen LogP contribution in [0.1, 0.15) is 44.0 Å². The normalized spacial score (nSPS) is 14.8. The van der Waals surface area contributed by atoms with Crippen LogP contribution in [0.2, 0.25) is 0 Å². The predicted molar refractivity (Wildman–Crippen MR) is 107 cm³/mol. The number of benzene rings is 1. The molecule has 0 aliphatic rings. The number of aromatic hydroxyl groups is 1. The number of nitrogens with zero attached hydrogens (tertiary/aromatic N) is 1. The van der Waals surface area contributed by atoms with Gasteiger partial charge in [0.15, 0.2) is 11.0 Å². The lowest BCUT2D eigenvalue weighted by Crippen LogP contribution is -2.52. The Morgan fingerprint density at radius 1 is 1.17 bits per heavy atom. The first-order chi connectivity index (χ1) is 13.7. The molecule has 1 unspecified atom stereocenters. The summed E-state index contributed by atoms with van der Waals surface area (Å²) in [6.45, 7) is 5.06. The Morgan fingerprint density at radius 3 is 2.37 bits per heavy atom. The van der Waals surface area contributed by atoms with E-state index in [2.05, 4.69) is 0 Å². The lowest BCUT2D eigenvalue weighted by molar-refractivity contribution is -0.271. The average molecular weight is 427 g/mol. The van der Waals surface area contributed by atoms with Crippen molar-refractivity contribution in [3.8, 4) is 5.75 Å². The number of hydrogen-bond acceptors (Lipinski definition) is 3.